The third-order valence-electron chi connectivity index (χ3n) is 5.01. The number of fused-ring (bicyclic) bond motifs is 1. The molecule has 2 aliphatic rings. The lowest BCUT2D eigenvalue weighted by molar-refractivity contribution is -0.114. The highest BCUT2D eigenvalue weighted by Crippen LogP contribution is 2.33. The van der Waals surface area contributed by atoms with Gasteiger partial charge >= 0.3 is 0 Å². The summed E-state index contributed by atoms with van der Waals surface area (Å²) in [7, 11) is 1.60. The van der Waals surface area contributed by atoms with Crippen LogP contribution in [0.25, 0.3) is 6.08 Å². The topological polar surface area (TPSA) is 106 Å². The van der Waals surface area contributed by atoms with Crippen LogP contribution in [0, 0.1) is 5.41 Å². The van der Waals surface area contributed by atoms with Gasteiger partial charge in [0, 0.05) is 0 Å². The number of nitrogens with one attached hydrogen (secondary N) is 1. The van der Waals surface area contributed by atoms with Crippen molar-refractivity contribution in [2.75, 3.05) is 32.7 Å². The first-order chi connectivity index (χ1) is 17.5. The zero-order chi connectivity index (χ0) is 25.5. The quantitative estimate of drug-likeness (QED) is 0.265. The van der Waals surface area contributed by atoms with Crippen LogP contribution in [0.5, 0.6) is 23.0 Å². The minimum atomic E-state index is -0.469. The lowest BCUT2D eigenvalue weighted by atomic mass is 10.1. The van der Waals surface area contributed by atoms with Crippen LogP contribution in [0.3, 0.4) is 0 Å². The number of nitrogens with zero attached hydrogens (tertiary/aromatic N) is 3. The van der Waals surface area contributed by atoms with Crippen molar-refractivity contribution in [1.82, 2.24) is 4.90 Å². The van der Waals surface area contributed by atoms with Crippen LogP contribution in [-0.4, -0.2) is 59.7 Å². The smallest absolute Gasteiger partial charge is 0.283 e. The van der Waals surface area contributed by atoms with E-state index >= 15 is 0 Å². The molecule has 0 aliphatic carbocycles. The van der Waals surface area contributed by atoms with Gasteiger partial charge in [-0.1, -0.05) is 36.9 Å². The number of para-hydroxylation sites is 2. The van der Waals surface area contributed by atoms with Gasteiger partial charge < -0.3 is 18.9 Å². The van der Waals surface area contributed by atoms with Crippen LogP contribution in [-0.2, 0) is 4.79 Å². The number of carbonyl (C=O) groups is 1. The summed E-state index contributed by atoms with van der Waals surface area (Å²) in [4.78, 5) is 18.4. The molecule has 0 radical (unpaired) electrons. The van der Waals surface area contributed by atoms with E-state index in [0.29, 0.717) is 58.7 Å². The Kier molecular flexibility index (Phi) is 8.55. The van der Waals surface area contributed by atoms with Crippen molar-refractivity contribution in [3.05, 3.63) is 53.6 Å². The van der Waals surface area contributed by atoms with Gasteiger partial charge in [0.2, 0.25) is 5.17 Å². The van der Waals surface area contributed by atoms with Crippen molar-refractivity contribution in [2.24, 2.45) is 9.39 Å². The largest absolute Gasteiger partial charge is 0.493 e. The molecule has 9 nitrogen and oxygen atoms in total. The second-order valence-corrected chi connectivity index (χ2v) is 9.29. The summed E-state index contributed by atoms with van der Waals surface area (Å²) < 4.78 is 27.1. The Hall–Kier alpha value is -3.44. The summed E-state index contributed by atoms with van der Waals surface area (Å²) in [6.07, 6.45) is 1.64. The van der Waals surface area contributed by atoms with Crippen molar-refractivity contribution in [2.45, 2.75) is 13.8 Å². The molecule has 2 aliphatic heterocycles. The lowest BCUT2D eigenvalue weighted by Crippen LogP contribution is -2.41. The highest BCUT2D eigenvalue weighted by Gasteiger charge is 2.37. The Balaban J connectivity index is 1.47. The van der Waals surface area contributed by atoms with E-state index in [0.717, 1.165) is 17.7 Å². The standard InChI is InChI=1S/C25H26N4O5S2/c1-4-32-21-15-16(10-11-20(21)34-13-12-33-19-9-7-6-8-18(19)31-3)14-17-22(26)29-24(27-23(17)30)36-28-25(29)35-5-2/h6-11,14-15,26H,4-5,12-13H2,1-3H3/b17-14-,26-22?. The normalized spacial score (nSPS) is 16.0. The maximum atomic E-state index is 12.7. The number of hydrogen-bond acceptors (Lipinski definition) is 9. The van der Waals surface area contributed by atoms with Crippen LogP contribution >= 0.6 is 23.7 Å². The van der Waals surface area contributed by atoms with Crippen LogP contribution in [0.2, 0.25) is 0 Å². The molecule has 0 bridgehead atoms. The van der Waals surface area contributed by atoms with Crippen molar-refractivity contribution >= 4 is 51.9 Å². The molecule has 2 aromatic carbocycles. The average Bonchev–Trinajstić information content (AvgIpc) is 3.28. The first-order valence-electron chi connectivity index (χ1n) is 11.3. The lowest BCUT2D eigenvalue weighted by Gasteiger charge is -2.24. The number of methoxy groups -OCH3 is 1. The molecule has 1 N–H and O–H groups in total. The average molecular weight is 527 g/mol. The van der Waals surface area contributed by atoms with Crippen LogP contribution in [0.1, 0.15) is 19.4 Å². The van der Waals surface area contributed by atoms with Crippen molar-refractivity contribution < 1.29 is 23.7 Å². The fourth-order valence-corrected chi connectivity index (χ4v) is 5.00. The van der Waals surface area contributed by atoms with E-state index in [2.05, 4.69) is 9.39 Å². The summed E-state index contributed by atoms with van der Waals surface area (Å²) in [6.45, 7) is 4.94. The number of amides is 1. The number of aliphatic imine (C=N–C) groups is 1. The van der Waals surface area contributed by atoms with E-state index < -0.39 is 5.91 Å². The SMILES string of the molecule is CCOc1cc(/C=C2/C(=N)N3C(SCC)=NSC3=NC2=O)ccc1OCCOc1ccccc1OC. The molecule has 2 heterocycles. The van der Waals surface area contributed by atoms with Crippen LogP contribution in [0.15, 0.2) is 57.4 Å². The summed E-state index contributed by atoms with van der Waals surface area (Å²) in [5.41, 5.74) is 0.878. The number of ether oxygens (including phenoxy) is 4. The van der Waals surface area contributed by atoms with Crippen LogP contribution < -0.4 is 18.9 Å². The molecule has 11 heteroatoms. The van der Waals surface area contributed by atoms with Gasteiger partial charge in [-0.25, -0.2) is 4.90 Å². The maximum Gasteiger partial charge on any atom is 0.283 e. The third-order valence-corrected chi connectivity index (χ3v) is 6.65. The zero-order valence-electron chi connectivity index (χ0n) is 20.1. The van der Waals surface area contributed by atoms with Gasteiger partial charge in [-0.05, 0) is 48.6 Å². The molecule has 188 valence electrons. The molecule has 0 aromatic heterocycles. The molecular formula is C25H26N4O5S2. The number of rotatable bonds is 10. The van der Waals surface area contributed by atoms with Crippen molar-refractivity contribution in [1.29, 1.82) is 5.41 Å². The molecule has 36 heavy (non-hydrogen) atoms. The van der Waals surface area contributed by atoms with Gasteiger partial charge in [-0.3, -0.25) is 10.2 Å². The Morgan fingerprint density at radius 1 is 1.03 bits per heavy atom. The molecule has 0 saturated heterocycles. The highest BCUT2D eigenvalue weighted by molar-refractivity contribution is 8.19. The minimum Gasteiger partial charge on any atom is -0.493 e. The fraction of sp³-hybridized carbons (Fsp3) is 0.280. The van der Waals surface area contributed by atoms with E-state index in [1.165, 1.54) is 11.8 Å². The van der Waals surface area contributed by atoms with E-state index in [1.54, 1.807) is 36.3 Å². The first kappa shape index (κ1) is 25.6. The molecule has 0 fully saturated rings. The minimum absolute atomic E-state index is 0.0569. The Bertz CT molecular complexity index is 1240. The predicted molar refractivity (Wildman–Crippen MR) is 145 cm³/mol. The summed E-state index contributed by atoms with van der Waals surface area (Å²) >= 11 is 2.61. The van der Waals surface area contributed by atoms with Gasteiger partial charge in [0.1, 0.15) is 19.0 Å². The Labute approximate surface area is 218 Å². The highest BCUT2D eigenvalue weighted by atomic mass is 32.2. The maximum absolute atomic E-state index is 12.7. The summed E-state index contributed by atoms with van der Waals surface area (Å²) in [6, 6.07) is 12.8. The molecule has 2 aromatic rings. The van der Waals surface area contributed by atoms with Gasteiger partial charge in [-0.15, -0.1) is 0 Å². The zero-order valence-corrected chi connectivity index (χ0v) is 21.8. The van der Waals surface area contributed by atoms with E-state index in [1.807, 2.05) is 38.1 Å². The fourth-order valence-electron chi connectivity index (χ4n) is 3.43. The van der Waals surface area contributed by atoms with Crippen molar-refractivity contribution in [3.63, 3.8) is 0 Å². The van der Waals surface area contributed by atoms with Gasteiger partial charge in [0.15, 0.2) is 28.2 Å². The molecule has 0 unspecified atom stereocenters. The predicted octanol–water partition coefficient (Wildman–Crippen LogP) is 4.88. The molecule has 0 spiro atoms. The Morgan fingerprint density at radius 3 is 2.44 bits per heavy atom. The van der Waals surface area contributed by atoms with E-state index in [4.69, 9.17) is 24.4 Å². The van der Waals surface area contributed by atoms with E-state index in [9.17, 15) is 4.79 Å². The Morgan fingerprint density at radius 2 is 1.75 bits per heavy atom. The number of amidine groups is 3. The summed E-state index contributed by atoms with van der Waals surface area (Å²) in [5, 5.41) is 9.68. The molecular weight excluding hydrogens is 500 g/mol. The van der Waals surface area contributed by atoms with Crippen LogP contribution in [0.4, 0.5) is 0 Å². The summed E-state index contributed by atoms with van der Waals surface area (Å²) in [5.74, 6) is 2.77. The molecule has 0 atom stereocenters. The number of hydrogen-bond donors (Lipinski definition) is 1. The second kappa shape index (κ2) is 12.0. The van der Waals surface area contributed by atoms with Gasteiger partial charge in [-0.2, -0.15) is 9.39 Å². The van der Waals surface area contributed by atoms with Gasteiger partial charge in [0.25, 0.3) is 5.91 Å². The number of carbonyl (C=O) groups excluding carboxylic acids is 1. The van der Waals surface area contributed by atoms with Crippen molar-refractivity contribution in [3.8, 4) is 23.0 Å². The third kappa shape index (κ3) is 5.68. The first-order valence-corrected chi connectivity index (χ1v) is 13.1. The molecule has 1 amide bonds. The molecule has 0 saturated carbocycles. The molecule has 4 rings (SSSR count). The van der Waals surface area contributed by atoms with Gasteiger partial charge in [0.05, 0.1) is 31.2 Å². The second-order valence-electron chi connectivity index (χ2n) is 7.33. The monoisotopic (exact) mass is 526 g/mol. The van der Waals surface area contributed by atoms with E-state index in [-0.39, 0.29) is 11.4 Å². The number of benzene rings is 2. The number of thioether (sulfide) groups is 1.